The summed E-state index contributed by atoms with van der Waals surface area (Å²) < 4.78 is 0. The van der Waals surface area contributed by atoms with E-state index in [-0.39, 0.29) is 5.41 Å². The molecule has 3 nitrogen and oxygen atoms in total. The minimum atomic E-state index is -0.504. The Hall–Kier alpha value is -2.29. The zero-order valence-corrected chi connectivity index (χ0v) is 11.9. The Morgan fingerprint density at radius 3 is 1.70 bits per heavy atom. The van der Waals surface area contributed by atoms with Crippen LogP contribution in [0.15, 0.2) is 48.8 Å². The van der Waals surface area contributed by atoms with Crippen LogP contribution in [0.2, 0.25) is 0 Å². The highest BCUT2D eigenvalue weighted by Gasteiger charge is 2.19. The van der Waals surface area contributed by atoms with Crippen molar-refractivity contribution in [3.05, 3.63) is 65.5 Å². The van der Waals surface area contributed by atoms with E-state index in [4.69, 9.17) is 0 Å². The second kappa shape index (κ2) is 5.37. The molecule has 102 valence electrons. The van der Waals surface area contributed by atoms with Crippen LogP contribution in [0.5, 0.6) is 0 Å². The molecule has 2 rings (SSSR count). The van der Waals surface area contributed by atoms with Crippen molar-refractivity contribution in [2.75, 3.05) is 0 Å². The molecular weight excluding hydrogens is 250 g/mol. The van der Waals surface area contributed by atoms with E-state index in [2.05, 4.69) is 25.8 Å². The number of benzene rings is 1. The molecule has 1 aromatic heterocycles. The predicted molar refractivity (Wildman–Crippen MR) is 78.0 cm³/mol. The minimum absolute atomic E-state index is 0.0245. The fourth-order valence-electron chi connectivity index (χ4n) is 1.89. The third-order valence-corrected chi connectivity index (χ3v) is 3.16. The molecule has 0 saturated heterocycles. The molecule has 0 N–H and O–H groups in total. The normalized spacial score (nSPS) is 11.2. The quantitative estimate of drug-likeness (QED) is 0.632. The van der Waals surface area contributed by atoms with Gasteiger partial charge in [0.2, 0.25) is 11.6 Å². The lowest BCUT2D eigenvalue weighted by atomic mass is 9.86. The Balaban J connectivity index is 2.24. The third kappa shape index (κ3) is 2.99. The second-order valence-corrected chi connectivity index (χ2v) is 5.72. The Bertz CT molecular complexity index is 622. The van der Waals surface area contributed by atoms with Crippen LogP contribution in [-0.4, -0.2) is 16.6 Å². The highest BCUT2D eigenvalue weighted by Crippen LogP contribution is 2.22. The summed E-state index contributed by atoms with van der Waals surface area (Å²) in [6, 6.07) is 10.3. The van der Waals surface area contributed by atoms with E-state index in [0.29, 0.717) is 11.1 Å². The average molecular weight is 267 g/mol. The largest absolute Gasteiger partial charge is 0.285 e. The number of Topliss-reactive ketones (excluding diaryl/α,β-unsaturated/α-hetero) is 2. The van der Waals surface area contributed by atoms with E-state index in [0.717, 1.165) is 5.56 Å². The Labute approximate surface area is 118 Å². The van der Waals surface area contributed by atoms with E-state index in [1.165, 1.54) is 12.4 Å². The van der Waals surface area contributed by atoms with Gasteiger partial charge in [-0.2, -0.15) is 0 Å². The molecule has 0 radical (unpaired) electrons. The Morgan fingerprint density at radius 1 is 0.800 bits per heavy atom. The smallest absolute Gasteiger partial charge is 0.233 e. The van der Waals surface area contributed by atoms with Gasteiger partial charge in [0.25, 0.3) is 0 Å². The monoisotopic (exact) mass is 267 g/mol. The highest BCUT2D eigenvalue weighted by atomic mass is 16.2. The predicted octanol–water partition coefficient (Wildman–Crippen LogP) is 3.44. The average Bonchev–Trinajstić information content (AvgIpc) is 2.46. The maximum Gasteiger partial charge on any atom is 0.233 e. The van der Waals surface area contributed by atoms with Crippen molar-refractivity contribution >= 4 is 11.6 Å². The van der Waals surface area contributed by atoms with Crippen molar-refractivity contribution in [1.82, 2.24) is 4.98 Å². The van der Waals surface area contributed by atoms with Crippen LogP contribution in [0.1, 0.15) is 47.1 Å². The van der Waals surface area contributed by atoms with Crippen LogP contribution in [0.3, 0.4) is 0 Å². The fraction of sp³-hybridized carbons (Fsp3) is 0.235. The zero-order chi connectivity index (χ0) is 14.8. The van der Waals surface area contributed by atoms with Gasteiger partial charge in [-0.15, -0.1) is 0 Å². The molecule has 0 aliphatic heterocycles. The molecule has 0 atom stereocenters. The summed E-state index contributed by atoms with van der Waals surface area (Å²) in [5.41, 5.74) is 1.94. The molecule has 0 bridgehead atoms. The zero-order valence-electron chi connectivity index (χ0n) is 11.9. The molecule has 0 unspecified atom stereocenters. The van der Waals surface area contributed by atoms with Gasteiger partial charge in [-0.05, 0) is 23.1 Å². The summed E-state index contributed by atoms with van der Waals surface area (Å²) in [5.74, 6) is -0.993. The van der Waals surface area contributed by atoms with Gasteiger partial charge < -0.3 is 0 Å². The summed E-state index contributed by atoms with van der Waals surface area (Å²) in [7, 11) is 0. The summed E-state index contributed by atoms with van der Waals surface area (Å²) in [6.07, 6.45) is 3.01. The maximum absolute atomic E-state index is 12.1. The van der Waals surface area contributed by atoms with E-state index in [9.17, 15) is 9.59 Å². The van der Waals surface area contributed by atoms with Gasteiger partial charge in [0.05, 0.1) is 0 Å². The van der Waals surface area contributed by atoms with Crippen LogP contribution in [0.4, 0.5) is 0 Å². The molecule has 3 heteroatoms. The molecule has 0 aliphatic rings. The standard InChI is InChI=1S/C17H17NO2/c1-17(2,3)14-6-4-12(5-7-14)15(19)16(20)13-8-10-18-11-9-13/h4-11H,1-3H3. The van der Waals surface area contributed by atoms with Crippen molar-refractivity contribution in [2.45, 2.75) is 26.2 Å². The molecular formula is C17H17NO2. The van der Waals surface area contributed by atoms with Crippen LogP contribution >= 0.6 is 0 Å². The molecule has 2 aromatic rings. The maximum atomic E-state index is 12.1. The summed E-state index contributed by atoms with van der Waals surface area (Å²) in [5, 5.41) is 0. The number of ketones is 2. The molecule has 0 amide bonds. The summed E-state index contributed by atoms with van der Waals surface area (Å²) >= 11 is 0. The molecule has 0 saturated carbocycles. The first kappa shape index (κ1) is 14.1. The first-order chi connectivity index (χ1) is 9.39. The fourth-order valence-corrected chi connectivity index (χ4v) is 1.89. The molecule has 20 heavy (non-hydrogen) atoms. The van der Waals surface area contributed by atoms with Crippen LogP contribution in [0.25, 0.3) is 0 Å². The van der Waals surface area contributed by atoms with Crippen molar-refractivity contribution < 1.29 is 9.59 Å². The summed E-state index contributed by atoms with van der Waals surface area (Å²) in [6.45, 7) is 6.31. The van der Waals surface area contributed by atoms with Gasteiger partial charge in [-0.3, -0.25) is 14.6 Å². The van der Waals surface area contributed by atoms with Crippen molar-refractivity contribution in [1.29, 1.82) is 0 Å². The minimum Gasteiger partial charge on any atom is -0.285 e. The van der Waals surface area contributed by atoms with Gasteiger partial charge in [-0.25, -0.2) is 0 Å². The lowest BCUT2D eigenvalue weighted by Gasteiger charge is -2.18. The van der Waals surface area contributed by atoms with Gasteiger partial charge in [0.1, 0.15) is 0 Å². The number of nitrogens with zero attached hydrogens (tertiary/aromatic N) is 1. The molecule has 0 fully saturated rings. The van der Waals surface area contributed by atoms with Crippen molar-refractivity contribution in [2.24, 2.45) is 0 Å². The molecule has 1 aromatic carbocycles. The van der Waals surface area contributed by atoms with E-state index in [1.807, 2.05) is 12.1 Å². The lowest BCUT2D eigenvalue weighted by molar-refractivity contribution is 0.0817. The van der Waals surface area contributed by atoms with Gasteiger partial charge >= 0.3 is 0 Å². The first-order valence-electron chi connectivity index (χ1n) is 6.49. The van der Waals surface area contributed by atoms with Crippen LogP contribution in [0, 0.1) is 0 Å². The number of aromatic nitrogens is 1. The van der Waals surface area contributed by atoms with Gasteiger partial charge in [-0.1, -0.05) is 45.0 Å². The number of carbonyl (C=O) groups excluding carboxylic acids is 2. The van der Waals surface area contributed by atoms with Crippen LogP contribution in [-0.2, 0) is 5.41 Å². The molecule has 0 spiro atoms. The van der Waals surface area contributed by atoms with E-state index >= 15 is 0 Å². The number of carbonyl (C=O) groups is 2. The summed E-state index contributed by atoms with van der Waals surface area (Å²) in [4.78, 5) is 28.0. The first-order valence-corrected chi connectivity index (χ1v) is 6.49. The Morgan fingerprint density at radius 2 is 1.25 bits per heavy atom. The number of pyridine rings is 1. The second-order valence-electron chi connectivity index (χ2n) is 5.72. The number of rotatable bonds is 3. The SMILES string of the molecule is CC(C)(C)c1ccc(C(=O)C(=O)c2ccncc2)cc1. The third-order valence-electron chi connectivity index (χ3n) is 3.16. The molecule has 0 aliphatic carbocycles. The highest BCUT2D eigenvalue weighted by molar-refractivity contribution is 6.49. The number of hydrogen-bond acceptors (Lipinski definition) is 3. The number of hydrogen-bond donors (Lipinski definition) is 0. The van der Waals surface area contributed by atoms with Crippen molar-refractivity contribution in [3.8, 4) is 0 Å². The topological polar surface area (TPSA) is 47.0 Å². The Kier molecular flexibility index (Phi) is 3.79. The van der Waals surface area contributed by atoms with Gasteiger partial charge in [0.15, 0.2) is 0 Å². The molecule has 1 heterocycles. The van der Waals surface area contributed by atoms with E-state index in [1.54, 1.807) is 24.3 Å². The van der Waals surface area contributed by atoms with Gasteiger partial charge in [0, 0.05) is 23.5 Å². The lowest BCUT2D eigenvalue weighted by Crippen LogP contribution is -2.15. The van der Waals surface area contributed by atoms with Crippen molar-refractivity contribution in [3.63, 3.8) is 0 Å². The van der Waals surface area contributed by atoms with E-state index < -0.39 is 11.6 Å². The van der Waals surface area contributed by atoms with Crippen LogP contribution < -0.4 is 0 Å².